The van der Waals surface area contributed by atoms with Gasteiger partial charge in [-0.25, -0.2) is 9.59 Å². The fraction of sp³-hybridized carbons (Fsp3) is 0.588. The van der Waals surface area contributed by atoms with E-state index >= 15 is 0 Å². The number of carbonyl (C=O) groups is 2. The number of carboxylic acid groups (broad SMARTS) is 2. The van der Waals surface area contributed by atoms with Gasteiger partial charge in [0.05, 0.1) is 37.3 Å². The first-order chi connectivity index (χ1) is 19.8. The van der Waals surface area contributed by atoms with Gasteiger partial charge in [-0.3, -0.25) is 0 Å². The van der Waals surface area contributed by atoms with Crippen molar-refractivity contribution in [1.82, 2.24) is 0 Å². The fourth-order valence-corrected chi connectivity index (χ4v) is 7.33. The van der Waals surface area contributed by atoms with Gasteiger partial charge >= 0.3 is 11.9 Å². The Balaban J connectivity index is 0.000000410. The predicted molar refractivity (Wildman–Crippen MR) is 176 cm³/mol. The largest absolute Gasteiger partial charge is 0.478 e. The van der Waals surface area contributed by atoms with Crippen molar-refractivity contribution in [3.05, 3.63) is 59.7 Å². The second-order valence-corrected chi connectivity index (χ2v) is 13.0. The van der Waals surface area contributed by atoms with Gasteiger partial charge in [-0.15, -0.1) is 0 Å². The van der Waals surface area contributed by atoms with Crippen molar-refractivity contribution >= 4 is 33.5 Å². The van der Waals surface area contributed by atoms with Crippen LogP contribution in [0, 0.1) is 0 Å². The molecule has 0 aliphatic rings. The van der Waals surface area contributed by atoms with Gasteiger partial charge in [-0.1, -0.05) is 99.2 Å². The average Bonchev–Trinajstić information content (AvgIpc) is 2.97. The van der Waals surface area contributed by atoms with E-state index in [9.17, 15) is 9.59 Å². The number of carboxylic acids is 2. The van der Waals surface area contributed by atoms with Gasteiger partial charge in [0.15, 0.2) is 0 Å². The smallest absolute Gasteiger partial charge is 0.336 e. The summed E-state index contributed by atoms with van der Waals surface area (Å²) in [5.41, 5.74) is 0.413. The molecule has 0 aromatic heterocycles. The highest BCUT2D eigenvalue weighted by atomic mass is 33.1. The summed E-state index contributed by atoms with van der Waals surface area (Å²) in [6.07, 6.45) is 16.9. The Labute approximate surface area is 257 Å². The topological polar surface area (TPSA) is 74.6 Å². The zero-order valence-corrected chi connectivity index (χ0v) is 27.5. The molecule has 2 N–H and O–H groups in total. The number of aromatic carboxylic acids is 2. The van der Waals surface area contributed by atoms with Crippen LogP contribution in [0.15, 0.2) is 58.3 Å². The van der Waals surface area contributed by atoms with Crippen LogP contribution in [0.25, 0.3) is 0 Å². The van der Waals surface area contributed by atoms with Crippen molar-refractivity contribution < 1.29 is 24.3 Å². The summed E-state index contributed by atoms with van der Waals surface area (Å²) >= 11 is 0. The van der Waals surface area contributed by atoms with E-state index in [0.29, 0.717) is 9.79 Å². The normalized spacial score (nSPS) is 11.1. The molecule has 230 valence electrons. The average molecular weight is 605 g/mol. The summed E-state index contributed by atoms with van der Waals surface area (Å²) in [6.45, 7) is 15.1. The van der Waals surface area contributed by atoms with Gasteiger partial charge in [-0.05, 0) is 75.6 Å². The number of hydrogen-bond acceptors (Lipinski definition) is 4. The van der Waals surface area contributed by atoms with E-state index in [0.717, 1.165) is 0 Å². The van der Waals surface area contributed by atoms with E-state index < -0.39 is 11.9 Å². The lowest BCUT2D eigenvalue weighted by molar-refractivity contribution is -0.929. The van der Waals surface area contributed by atoms with Gasteiger partial charge in [0.2, 0.25) is 0 Å². The molecule has 0 saturated carbocycles. The van der Waals surface area contributed by atoms with Gasteiger partial charge in [-0.2, -0.15) is 0 Å². The summed E-state index contributed by atoms with van der Waals surface area (Å²) < 4.78 is 1.44. The molecule has 0 unspecified atom stereocenters. The van der Waals surface area contributed by atoms with Crippen LogP contribution >= 0.6 is 21.6 Å². The van der Waals surface area contributed by atoms with Crippen molar-refractivity contribution in [2.24, 2.45) is 0 Å². The SMILES string of the molecule is CCCCC[N+](CCCCC)(CCCCC)CCCCC.O=C(O)c1ccccc1SSc1ccccc1C(=O)O. The second-order valence-electron chi connectivity index (χ2n) is 10.8. The highest BCUT2D eigenvalue weighted by Gasteiger charge is 2.25. The third kappa shape index (κ3) is 15.2. The molecule has 0 atom stereocenters. The molecule has 2 rings (SSSR count). The van der Waals surface area contributed by atoms with Crippen LogP contribution in [-0.4, -0.2) is 52.8 Å². The third-order valence-corrected chi connectivity index (χ3v) is 9.88. The first-order valence-corrected chi connectivity index (χ1v) is 17.8. The zero-order valence-electron chi connectivity index (χ0n) is 25.9. The summed E-state index contributed by atoms with van der Waals surface area (Å²) in [5, 5.41) is 18.2. The standard InChI is InChI=1S/C20H44N.C14H10O4S2/c1-5-9-13-17-21(18-14-10-6-2,19-15-11-7-3)20-16-12-8-4;15-13(16)9-5-1-3-7-11(9)19-20-12-8-4-2-6-10(12)14(17)18/h5-20H2,1-4H3;1-8H,(H,15,16)(H,17,18)/q+1;. The summed E-state index contributed by atoms with van der Waals surface area (Å²) in [6, 6.07) is 13.3. The molecule has 0 radical (unpaired) electrons. The molecule has 0 heterocycles. The number of rotatable bonds is 21. The Morgan fingerprint density at radius 2 is 0.829 bits per heavy atom. The van der Waals surface area contributed by atoms with Gasteiger partial charge in [0, 0.05) is 9.79 Å². The van der Waals surface area contributed by atoms with Gasteiger partial charge in [0.25, 0.3) is 0 Å². The fourth-order valence-electron chi connectivity index (χ4n) is 4.98. The van der Waals surface area contributed by atoms with E-state index in [1.165, 1.54) is 141 Å². The molecule has 0 saturated heterocycles. The molecule has 0 bridgehead atoms. The second kappa shape index (κ2) is 22.6. The molecule has 41 heavy (non-hydrogen) atoms. The molecule has 2 aromatic rings. The summed E-state index contributed by atoms with van der Waals surface area (Å²) in [4.78, 5) is 23.4. The zero-order chi connectivity index (χ0) is 30.3. The first-order valence-electron chi connectivity index (χ1n) is 15.7. The maximum atomic E-state index is 11.1. The summed E-state index contributed by atoms with van der Waals surface area (Å²) in [5.74, 6) is -2.00. The lowest BCUT2D eigenvalue weighted by Crippen LogP contribution is -2.50. The van der Waals surface area contributed by atoms with Crippen molar-refractivity contribution in [2.45, 2.75) is 115 Å². The molecular weight excluding hydrogens is 551 g/mol. The molecule has 0 amide bonds. The third-order valence-electron chi connectivity index (χ3n) is 7.40. The van der Waals surface area contributed by atoms with Gasteiger partial charge in [0.1, 0.15) is 0 Å². The molecule has 7 heteroatoms. The van der Waals surface area contributed by atoms with E-state index in [4.69, 9.17) is 10.2 Å². The van der Waals surface area contributed by atoms with Crippen LogP contribution in [-0.2, 0) is 0 Å². The van der Waals surface area contributed by atoms with Crippen molar-refractivity contribution in [3.8, 4) is 0 Å². The van der Waals surface area contributed by atoms with Crippen LogP contribution in [0.5, 0.6) is 0 Å². The monoisotopic (exact) mass is 604 g/mol. The molecule has 0 spiro atoms. The van der Waals surface area contributed by atoms with E-state index in [2.05, 4.69) is 27.7 Å². The molecule has 0 aliphatic heterocycles. The Bertz CT molecular complexity index is 895. The van der Waals surface area contributed by atoms with Crippen LogP contribution < -0.4 is 0 Å². The van der Waals surface area contributed by atoms with Crippen molar-refractivity contribution in [1.29, 1.82) is 0 Å². The Morgan fingerprint density at radius 1 is 0.537 bits per heavy atom. The van der Waals surface area contributed by atoms with Crippen molar-refractivity contribution in [2.75, 3.05) is 26.2 Å². The molecule has 5 nitrogen and oxygen atoms in total. The summed E-state index contributed by atoms with van der Waals surface area (Å²) in [7, 11) is 2.47. The van der Waals surface area contributed by atoms with E-state index in [1.54, 1.807) is 36.4 Å². The molecular formula is C34H54NO4S2+. The minimum atomic E-state index is -1.000. The van der Waals surface area contributed by atoms with Gasteiger partial charge < -0.3 is 14.7 Å². The van der Waals surface area contributed by atoms with Crippen LogP contribution in [0.4, 0.5) is 0 Å². The number of quaternary nitrogens is 1. The highest BCUT2D eigenvalue weighted by molar-refractivity contribution is 8.76. The lowest BCUT2D eigenvalue weighted by atomic mass is 10.1. The minimum Gasteiger partial charge on any atom is -0.478 e. The number of benzene rings is 2. The number of nitrogens with zero attached hydrogens (tertiary/aromatic N) is 1. The lowest BCUT2D eigenvalue weighted by Gasteiger charge is -2.39. The maximum Gasteiger partial charge on any atom is 0.336 e. The maximum absolute atomic E-state index is 11.1. The first kappa shape index (κ1) is 37.1. The predicted octanol–water partition coefficient (Wildman–Crippen LogP) is 10.4. The van der Waals surface area contributed by atoms with Crippen molar-refractivity contribution in [3.63, 3.8) is 0 Å². The molecule has 0 aliphatic carbocycles. The molecule has 0 fully saturated rings. The number of unbranched alkanes of at least 4 members (excludes halogenated alkanes) is 8. The quantitative estimate of drug-likeness (QED) is 0.0839. The van der Waals surface area contributed by atoms with E-state index in [-0.39, 0.29) is 11.1 Å². The Kier molecular flexibility index (Phi) is 20.4. The van der Waals surface area contributed by atoms with Crippen LogP contribution in [0.1, 0.15) is 125 Å². The van der Waals surface area contributed by atoms with E-state index in [1.807, 2.05) is 0 Å². The Morgan fingerprint density at radius 3 is 1.10 bits per heavy atom. The minimum absolute atomic E-state index is 0.206. The Hall–Kier alpha value is -1.96. The van der Waals surface area contributed by atoms with Crippen LogP contribution in [0.3, 0.4) is 0 Å². The molecule has 2 aromatic carbocycles. The number of hydrogen-bond donors (Lipinski definition) is 2. The van der Waals surface area contributed by atoms with Crippen LogP contribution in [0.2, 0.25) is 0 Å². The highest BCUT2D eigenvalue weighted by Crippen LogP contribution is 2.40.